The van der Waals surface area contributed by atoms with Crippen LogP contribution in [0.1, 0.15) is 21.5 Å². The average Bonchev–Trinajstić information content (AvgIpc) is 2.35. The number of benzene rings is 2. The van der Waals surface area contributed by atoms with E-state index in [9.17, 15) is 18.0 Å². The van der Waals surface area contributed by atoms with Crippen molar-refractivity contribution < 1.29 is 22.7 Å². The van der Waals surface area contributed by atoms with E-state index in [1.165, 1.54) is 24.3 Å². The standard InChI is InChI=1S/C15H10ClF3O2/c1-9-6-10(8-11(16)7-9)14(20)12-4-2-3-5-13(12)21-15(17,18)19/h2-8H,1H3. The summed E-state index contributed by atoms with van der Waals surface area (Å²) < 4.78 is 41.0. The number of aryl methyl sites for hydroxylation is 1. The minimum Gasteiger partial charge on any atom is -0.405 e. The molecule has 0 radical (unpaired) electrons. The van der Waals surface area contributed by atoms with Crippen LogP contribution in [-0.4, -0.2) is 12.1 Å². The highest BCUT2D eigenvalue weighted by Gasteiger charge is 2.32. The van der Waals surface area contributed by atoms with E-state index in [0.717, 1.165) is 11.6 Å². The summed E-state index contributed by atoms with van der Waals surface area (Å²) in [6.45, 7) is 1.74. The van der Waals surface area contributed by atoms with E-state index in [2.05, 4.69) is 4.74 Å². The van der Waals surface area contributed by atoms with Gasteiger partial charge in [0.05, 0.1) is 5.56 Å². The SMILES string of the molecule is Cc1cc(Cl)cc(C(=O)c2ccccc2OC(F)(F)F)c1. The number of carbonyl (C=O) groups is 1. The second-order valence-corrected chi connectivity index (χ2v) is 4.83. The van der Waals surface area contributed by atoms with Crippen molar-refractivity contribution in [1.29, 1.82) is 0 Å². The Morgan fingerprint density at radius 1 is 1.14 bits per heavy atom. The van der Waals surface area contributed by atoms with E-state index in [1.54, 1.807) is 19.1 Å². The summed E-state index contributed by atoms with van der Waals surface area (Å²) >= 11 is 5.86. The quantitative estimate of drug-likeness (QED) is 0.762. The number of carbonyl (C=O) groups excluding carboxylic acids is 1. The highest BCUT2D eigenvalue weighted by molar-refractivity contribution is 6.31. The van der Waals surface area contributed by atoms with Crippen LogP contribution in [0.3, 0.4) is 0 Å². The number of ether oxygens (including phenoxy) is 1. The molecule has 2 rings (SSSR count). The molecule has 0 saturated carbocycles. The van der Waals surface area contributed by atoms with Crippen molar-refractivity contribution in [1.82, 2.24) is 0 Å². The van der Waals surface area contributed by atoms with Gasteiger partial charge in [0.1, 0.15) is 5.75 Å². The maximum atomic E-state index is 12.4. The van der Waals surface area contributed by atoms with Crippen LogP contribution in [0.25, 0.3) is 0 Å². The van der Waals surface area contributed by atoms with Crippen LogP contribution in [0.4, 0.5) is 13.2 Å². The summed E-state index contributed by atoms with van der Waals surface area (Å²) in [4.78, 5) is 12.4. The molecule has 0 spiro atoms. The van der Waals surface area contributed by atoms with E-state index >= 15 is 0 Å². The Morgan fingerprint density at radius 3 is 2.43 bits per heavy atom. The minimum absolute atomic E-state index is 0.170. The van der Waals surface area contributed by atoms with Gasteiger partial charge in [-0.05, 0) is 42.8 Å². The molecular formula is C15H10ClF3O2. The molecule has 0 aromatic heterocycles. The van der Waals surface area contributed by atoms with Gasteiger partial charge in [-0.15, -0.1) is 13.2 Å². The maximum Gasteiger partial charge on any atom is 0.573 e. The molecule has 6 heteroatoms. The van der Waals surface area contributed by atoms with Gasteiger partial charge in [0.25, 0.3) is 0 Å². The third kappa shape index (κ3) is 3.98. The van der Waals surface area contributed by atoms with E-state index in [1.807, 2.05) is 0 Å². The summed E-state index contributed by atoms with van der Waals surface area (Å²) in [5.41, 5.74) is 0.773. The van der Waals surface area contributed by atoms with E-state index < -0.39 is 17.9 Å². The van der Waals surface area contributed by atoms with Crippen molar-refractivity contribution in [2.24, 2.45) is 0 Å². The first-order valence-corrected chi connectivity index (χ1v) is 6.31. The van der Waals surface area contributed by atoms with Crippen molar-refractivity contribution >= 4 is 17.4 Å². The molecule has 21 heavy (non-hydrogen) atoms. The zero-order chi connectivity index (χ0) is 15.6. The molecule has 110 valence electrons. The molecule has 0 unspecified atom stereocenters. The second-order valence-electron chi connectivity index (χ2n) is 4.39. The predicted octanol–water partition coefficient (Wildman–Crippen LogP) is 4.78. The van der Waals surface area contributed by atoms with E-state index in [4.69, 9.17) is 11.6 Å². The van der Waals surface area contributed by atoms with Crippen LogP contribution in [-0.2, 0) is 0 Å². The second kappa shape index (κ2) is 5.77. The third-order valence-electron chi connectivity index (χ3n) is 2.66. The lowest BCUT2D eigenvalue weighted by atomic mass is 10.0. The molecule has 2 aromatic rings. The predicted molar refractivity (Wildman–Crippen MR) is 72.7 cm³/mol. The molecule has 0 amide bonds. The Bertz CT molecular complexity index is 661. The summed E-state index contributed by atoms with van der Waals surface area (Å²) in [6, 6.07) is 9.81. The average molecular weight is 315 g/mol. The molecule has 0 bridgehead atoms. The van der Waals surface area contributed by atoms with Gasteiger partial charge in [-0.3, -0.25) is 4.79 Å². The van der Waals surface area contributed by atoms with Gasteiger partial charge in [-0.25, -0.2) is 0 Å². The van der Waals surface area contributed by atoms with Gasteiger partial charge in [-0.1, -0.05) is 23.7 Å². The largest absolute Gasteiger partial charge is 0.573 e. The van der Waals surface area contributed by atoms with Crippen LogP contribution >= 0.6 is 11.6 Å². The van der Waals surface area contributed by atoms with Crippen molar-refractivity contribution in [2.75, 3.05) is 0 Å². The molecule has 0 N–H and O–H groups in total. The van der Waals surface area contributed by atoms with Crippen LogP contribution in [0.2, 0.25) is 5.02 Å². The normalized spacial score (nSPS) is 11.3. The number of ketones is 1. The molecule has 0 aliphatic heterocycles. The Kier molecular flexibility index (Phi) is 4.23. The first kappa shape index (κ1) is 15.4. The highest BCUT2D eigenvalue weighted by Crippen LogP contribution is 2.28. The summed E-state index contributed by atoms with van der Waals surface area (Å²) in [5.74, 6) is -1.12. The topological polar surface area (TPSA) is 26.3 Å². The molecule has 0 fully saturated rings. The minimum atomic E-state index is -4.86. The first-order valence-electron chi connectivity index (χ1n) is 5.93. The van der Waals surface area contributed by atoms with Crippen LogP contribution in [0, 0.1) is 6.92 Å². The molecular weight excluding hydrogens is 305 g/mol. The number of halogens is 4. The Hall–Kier alpha value is -2.01. The molecule has 2 aromatic carbocycles. The fraction of sp³-hybridized carbons (Fsp3) is 0.133. The van der Waals surface area contributed by atoms with Gasteiger partial charge in [-0.2, -0.15) is 0 Å². The number of para-hydroxylation sites is 1. The highest BCUT2D eigenvalue weighted by atomic mass is 35.5. The number of rotatable bonds is 3. The van der Waals surface area contributed by atoms with Gasteiger partial charge in [0, 0.05) is 10.6 Å². The lowest BCUT2D eigenvalue weighted by molar-refractivity contribution is -0.274. The summed E-state index contributed by atoms with van der Waals surface area (Å²) in [7, 11) is 0. The molecule has 0 aliphatic carbocycles. The van der Waals surface area contributed by atoms with Crippen molar-refractivity contribution in [3.05, 3.63) is 64.2 Å². The van der Waals surface area contributed by atoms with Crippen molar-refractivity contribution in [3.8, 4) is 5.75 Å². The Labute approximate surface area is 124 Å². The smallest absolute Gasteiger partial charge is 0.405 e. The van der Waals surface area contributed by atoms with Gasteiger partial charge < -0.3 is 4.74 Å². The van der Waals surface area contributed by atoms with Gasteiger partial charge in [0.15, 0.2) is 5.78 Å². The molecule has 0 heterocycles. The first-order chi connectivity index (χ1) is 9.76. The fourth-order valence-corrected chi connectivity index (χ4v) is 2.18. The van der Waals surface area contributed by atoms with Gasteiger partial charge in [0.2, 0.25) is 0 Å². The Balaban J connectivity index is 2.44. The monoisotopic (exact) mass is 314 g/mol. The lowest BCUT2D eigenvalue weighted by Gasteiger charge is -2.12. The lowest BCUT2D eigenvalue weighted by Crippen LogP contribution is -2.19. The molecule has 0 atom stereocenters. The van der Waals surface area contributed by atoms with Crippen LogP contribution in [0.15, 0.2) is 42.5 Å². The van der Waals surface area contributed by atoms with Gasteiger partial charge >= 0.3 is 6.36 Å². The van der Waals surface area contributed by atoms with Crippen molar-refractivity contribution in [3.63, 3.8) is 0 Å². The van der Waals surface area contributed by atoms with E-state index in [0.29, 0.717) is 5.02 Å². The zero-order valence-corrected chi connectivity index (χ0v) is 11.6. The summed E-state index contributed by atoms with van der Waals surface area (Å²) in [5, 5.41) is 0.340. The fourth-order valence-electron chi connectivity index (χ4n) is 1.89. The summed E-state index contributed by atoms with van der Waals surface area (Å²) in [6.07, 6.45) is -4.86. The number of hydrogen-bond donors (Lipinski definition) is 0. The van der Waals surface area contributed by atoms with Crippen LogP contribution in [0.5, 0.6) is 5.75 Å². The molecule has 2 nitrogen and oxygen atoms in total. The number of alkyl halides is 3. The molecule has 0 aliphatic rings. The third-order valence-corrected chi connectivity index (χ3v) is 2.88. The molecule has 0 saturated heterocycles. The Morgan fingerprint density at radius 2 is 1.81 bits per heavy atom. The van der Waals surface area contributed by atoms with Crippen LogP contribution < -0.4 is 4.74 Å². The maximum absolute atomic E-state index is 12.4. The van der Waals surface area contributed by atoms with E-state index in [-0.39, 0.29) is 11.1 Å². The number of hydrogen-bond acceptors (Lipinski definition) is 2. The van der Waals surface area contributed by atoms with Crippen molar-refractivity contribution in [2.45, 2.75) is 13.3 Å². The zero-order valence-electron chi connectivity index (χ0n) is 10.9.